The Morgan fingerprint density at radius 3 is 2.35 bits per heavy atom. The number of fused-ring (bicyclic) bond motifs is 3. The van der Waals surface area contributed by atoms with Crippen molar-refractivity contribution in [2.24, 2.45) is 0 Å². The van der Waals surface area contributed by atoms with Gasteiger partial charge >= 0.3 is 21.1 Å². The molecule has 34 heavy (non-hydrogen) atoms. The molecular weight excluding hydrogens is 603 g/mol. The quantitative estimate of drug-likeness (QED) is 0.216. The molecule has 0 aliphatic carbocycles. The summed E-state index contributed by atoms with van der Waals surface area (Å²) in [4.78, 5) is 13.4. The molecule has 0 atom stereocenters. The van der Waals surface area contributed by atoms with Gasteiger partial charge in [-0.05, 0) is 35.5 Å². The molecule has 3 aromatic heterocycles. The molecule has 5 nitrogen and oxygen atoms in total. The van der Waals surface area contributed by atoms with Crippen molar-refractivity contribution in [3.8, 4) is 28.7 Å². The number of nitrogens with zero attached hydrogens (tertiary/aromatic N) is 4. The first-order valence-electron chi connectivity index (χ1n) is 10.6. The summed E-state index contributed by atoms with van der Waals surface area (Å²) in [6.07, 6.45) is 5.37. The van der Waals surface area contributed by atoms with Crippen LogP contribution in [0.2, 0.25) is 0 Å². The molecule has 0 fully saturated rings. The van der Waals surface area contributed by atoms with Crippen LogP contribution in [0.15, 0.2) is 91.4 Å². The summed E-state index contributed by atoms with van der Waals surface area (Å²) in [5.41, 5.74) is 4.77. The van der Waals surface area contributed by atoms with Crippen molar-refractivity contribution in [1.29, 1.82) is 0 Å². The van der Waals surface area contributed by atoms with Crippen LogP contribution in [0.5, 0.6) is 11.6 Å². The Bertz CT molecular complexity index is 1590. The van der Waals surface area contributed by atoms with Crippen LogP contribution in [0.3, 0.4) is 0 Å². The zero-order valence-electron chi connectivity index (χ0n) is 18.2. The number of ether oxygens (including phenoxy) is 1. The predicted octanol–water partition coefficient (Wildman–Crippen LogP) is 6.33. The smallest absolute Gasteiger partial charge is 0.460 e. The minimum Gasteiger partial charge on any atom is -0.460 e. The van der Waals surface area contributed by atoms with E-state index in [0.29, 0.717) is 17.6 Å². The Morgan fingerprint density at radius 2 is 1.53 bits per heavy atom. The molecule has 0 amide bonds. The number of para-hydroxylation sites is 1. The van der Waals surface area contributed by atoms with Crippen LogP contribution >= 0.6 is 0 Å². The molecule has 166 valence electrons. The molecule has 0 saturated heterocycles. The molecule has 0 bridgehead atoms. The minimum atomic E-state index is 0. The normalized spacial score (nSPS) is 10.9. The number of aromatic nitrogens is 4. The van der Waals surface area contributed by atoms with E-state index < -0.39 is 0 Å². The SMILES string of the molecule is Cc1cnc(-n2c3[c-]c(-c4[c-]c(Oc5ccccn5)ccc4)ccc3c3ccccc32)nc1.[Pt+2]. The van der Waals surface area contributed by atoms with E-state index in [-0.39, 0.29) is 21.1 Å². The first kappa shape index (κ1) is 22.0. The molecule has 0 radical (unpaired) electrons. The zero-order valence-corrected chi connectivity index (χ0v) is 20.4. The number of hydrogen-bond acceptors (Lipinski definition) is 4. The minimum absolute atomic E-state index is 0. The fourth-order valence-corrected chi connectivity index (χ4v) is 3.94. The van der Waals surface area contributed by atoms with Crippen molar-refractivity contribution >= 4 is 21.8 Å². The van der Waals surface area contributed by atoms with Gasteiger partial charge in [0.2, 0.25) is 11.8 Å². The van der Waals surface area contributed by atoms with Gasteiger partial charge in [-0.3, -0.25) is 4.57 Å². The second-order valence-corrected chi connectivity index (χ2v) is 7.75. The van der Waals surface area contributed by atoms with Gasteiger partial charge in [-0.1, -0.05) is 29.7 Å². The monoisotopic (exact) mass is 621 g/mol. The topological polar surface area (TPSA) is 52.8 Å². The van der Waals surface area contributed by atoms with Gasteiger partial charge in [0.15, 0.2) is 0 Å². The van der Waals surface area contributed by atoms with Crippen LogP contribution in [0, 0.1) is 19.1 Å². The second kappa shape index (κ2) is 9.20. The van der Waals surface area contributed by atoms with Gasteiger partial charge < -0.3 is 4.74 Å². The Morgan fingerprint density at radius 1 is 0.735 bits per heavy atom. The second-order valence-electron chi connectivity index (χ2n) is 7.75. The maximum absolute atomic E-state index is 5.87. The Balaban J connectivity index is 0.00000241. The van der Waals surface area contributed by atoms with Crippen LogP contribution in [-0.2, 0) is 21.1 Å². The molecule has 0 aliphatic heterocycles. The molecular formula is C28H18N4OPt. The molecule has 0 unspecified atom stereocenters. The molecule has 6 heteroatoms. The van der Waals surface area contributed by atoms with Gasteiger partial charge in [-0.25, -0.2) is 26.1 Å². The first-order valence-corrected chi connectivity index (χ1v) is 10.6. The van der Waals surface area contributed by atoms with Gasteiger partial charge in [0, 0.05) is 35.9 Å². The number of rotatable bonds is 4. The summed E-state index contributed by atoms with van der Waals surface area (Å²) in [6, 6.07) is 30.7. The van der Waals surface area contributed by atoms with Crippen LogP contribution in [0.25, 0.3) is 38.9 Å². The largest absolute Gasteiger partial charge is 2.00 e. The summed E-state index contributed by atoms with van der Waals surface area (Å²) in [7, 11) is 0. The maximum atomic E-state index is 5.87. The van der Waals surface area contributed by atoms with Crippen molar-refractivity contribution in [3.63, 3.8) is 0 Å². The van der Waals surface area contributed by atoms with Crippen molar-refractivity contribution in [1.82, 2.24) is 19.5 Å². The molecule has 0 spiro atoms. The molecule has 6 aromatic rings. The summed E-state index contributed by atoms with van der Waals surface area (Å²) in [5.74, 6) is 1.75. The molecule has 6 rings (SSSR count). The van der Waals surface area contributed by atoms with E-state index in [2.05, 4.69) is 55.9 Å². The van der Waals surface area contributed by atoms with E-state index >= 15 is 0 Å². The summed E-state index contributed by atoms with van der Waals surface area (Å²) in [5, 5.41) is 2.23. The number of pyridine rings is 1. The van der Waals surface area contributed by atoms with Crippen molar-refractivity contribution in [3.05, 3.63) is 109 Å². The Labute approximate surface area is 211 Å². The van der Waals surface area contributed by atoms with Crippen LogP contribution in [-0.4, -0.2) is 19.5 Å². The van der Waals surface area contributed by atoms with Crippen molar-refractivity contribution < 1.29 is 25.8 Å². The molecule has 0 saturated carbocycles. The molecule has 0 N–H and O–H groups in total. The summed E-state index contributed by atoms with van der Waals surface area (Å²) in [6.45, 7) is 1.98. The summed E-state index contributed by atoms with van der Waals surface area (Å²) >= 11 is 0. The average molecular weight is 622 g/mol. The van der Waals surface area contributed by atoms with E-state index in [0.717, 1.165) is 38.5 Å². The molecule has 3 aromatic carbocycles. The average Bonchev–Trinajstić information content (AvgIpc) is 3.19. The van der Waals surface area contributed by atoms with Crippen molar-refractivity contribution in [2.45, 2.75) is 6.92 Å². The number of aryl methyl sites for hydroxylation is 1. The zero-order chi connectivity index (χ0) is 22.2. The van der Waals surface area contributed by atoms with E-state index in [9.17, 15) is 0 Å². The Hall–Kier alpha value is -3.82. The third-order valence-corrected chi connectivity index (χ3v) is 5.46. The fraction of sp³-hybridized carbons (Fsp3) is 0.0357. The molecule has 3 heterocycles. The van der Waals surface area contributed by atoms with Gasteiger partial charge in [0.25, 0.3) is 0 Å². The third kappa shape index (κ3) is 4.00. The van der Waals surface area contributed by atoms with Gasteiger partial charge in [0.1, 0.15) is 0 Å². The van der Waals surface area contributed by atoms with E-state index in [1.165, 1.54) is 0 Å². The van der Waals surface area contributed by atoms with E-state index in [1.54, 1.807) is 6.20 Å². The third-order valence-electron chi connectivity index (χ3n) is 5.46. The van der Waals surface area contributed by atoms with Gasteiger partial charge in [0.05, 0.1) is 0 Å². The van der Waals surface area contributed by atoms with Gasteiger partial charge in [-0.15, -0.1) is 18.2 Å². The van der Waals surface area contributed by atoms with E-state index in [4.69, 9.17) is 4.74 Å². The van der Waals surface area contributed by atoms with Crippen LogP contribution in [0.1, 0.15) is 5.56 Å². The number of benzene rings is 3. The van der Waals surface area contributed by atoms with Gasteiger partial charge in [-0.2, -0.15) is 24.3 Å². The van der Waals surface area contributed by atoms with Crippen molar-refractivity contribution in [2.75, 3.05) is 0 Å². The predicted molar refractivity (Wildman–Crippen MR) is 129 cm³/mol. The van der Waals surface area contributed by atoms with Crippen LogP contribution < -0.4 is 4.74 Å². The standard InChI is InChI=1S/C28H18N4O.Pt/c1-19-17-30-28(31-18-19)32-25-10-3-2-9-23(25)24-13-12-21(16-26(24)32)20-7-6-8-22(15-20)33-27-11-4-5-14-29-27;/h2-14,17-18H,1H3;/q-2;+2. The molecule has 0 aliphatic rings. The fourth-order valence-electron chi connectivity index (χ4n) is 3.94. The number of hydrogen-bond donors (Lipinski definition) is 0. The Kier molecular flexibility index (Phi) is 5.95. The summed E-state index contributed by atoms with van der Waals surface area (Å²) < 4.78 is 7.93. The van der Waals surface area contributed by atoms with E-state index in [1.807, 2.05) is 67.8 Å². The van der Waals surface area contributed by atoms with Crippen LogP contribution in [0.4, 0.5) is 0 Å². The first-order chi connectivity index (χ1) is 16.3. The maximum Gasteiger partial charge on any atom is 2.00 e.